The van der Waals surface area contributed by atoms with E-state index >= 15 is 0 Å². The van der Waals surface area contributed by atoms with Gasteiger partial charge in [0.1, 0.15) is 0 Å². The average Bonchev–Trinajstić information content (AvgIpc) is 1.95. The molecule has 0 spiro atoms. The molecule has 1 aliphatic rings. The molecule has 46 valence electrons. The van der Waals surface area contributed by atoms with Gasteiger partial charge < -0.3 is 4.74 Å². The topological polar surface area (TPSA) is 41.9 Å². The summed E-state index contributed by atoms with van der Waals surface area (Å²) >= 11 is 0. The van der Waals surface area contributed by atoms with E-state index in [0.29, 0.717) is 5.01 Å². The second kappa shape index (κ2) is 2.61. The molecule has 0 N–H and O–H groups in total. The Kier molecular flexibility index (Phi) is 0.754. The molecule has 0 aliphatic carbocycles. The zero-order valence-corrected chi connectivity index (χ0v) is 4.13. The van der Waals surface area contributed by atoms with Crippen molar-refractivity contribution in [3.05, 3.63) is 4.91 Å². The van der Waals surface area contributed by atoms with Crippen LogP contribution in [0, 0.1) is 4.91 Å². The number of nitroso groups, excluding NO2 is 1. The third-order valence-corrected chi connectivity index (χ3v) is 0.751. The fourth-order valence-corrected chi connectivity index (χ4v) is 0.385. The molecule has 1 rings (SSSR count). The Morgan fingerprint density at radius 3 is 3.38 bits per heavy atom. The molecule has 4 nitrogen and oxygen atoms in total. The first-order chi connectivity index (χ1) is 5.42. The van der Waals surface area contributed by atoms with Gasteiger partial charge in [-0.15, -0.1) is 4.91 Å². The quantitative estimate of drug-likeness (QED) is 0.457. The Bertz CT molecular complexity index is 197. The van der Waals surface area contributed by atoms with E-state index in [1.165, 1.54) is 0 Å². The zero-order valence-electron chi connectivity index (χ0n) is 8.13. The van der Waals surface area contributed by atoms with E-state index < -0.39 is 13.1 Å². The highest BCUT2D eigenvalue weighted by atomic mass is 16.5. The molecule has 0 bridgehead atoms. The van der Waals surface area contributed by atoms with E-state index in [0.717, 1.165) is 0 Å². The number of hydrogen-bond donors (Lipinski definition) is 0. The van der Waals surface area contributed by atoms with Gasteiger partial charge in [-0.05, 0) is 0 Å². The van der Waals surface area contributed by atoms with E-state index in [1.807, 2.05) is 0 Å². The van der Waals surface area contributed by atoms with Crippen LogP contribution >= 0.6 is 0 Å². The van der Waals surface area contributed by atoms with E-state index in [1.54, 1.807) is 0 Å². The van der Waals surface area contributed by atoms with Crippen LogP contribution in [-0.4, -0.2) is 31.2 Å². The first-order valence-electron chi connectivity index (χ1n) is 4.17. The van der Waals surface area contributed by atoms with Crippen LogP contribution in [0.3, 0.4) is 0 Å². The number of nitrogens with zero attached hydrogens (tertiary/aromatic N) is 2. The van der Waals surface area contributed by atoms with E-state index in [-0.39, 0.29) is 13.2 Å². The Balaban J connectivity index is 2.89. The van der Waals surface area contributed by atoms with Gasteiger partial charge in [0.25, 0.3) is 0 Å². The third kappa shape index (κ3) is 1.16. The summed E-state index contributed by atoms with van der Waals surface area (Å²) in [6, 6.07) is 0. The number of ether oxygens (including phenoxy) is 1. The standard InChI is InChI=1S/C4H8N2O2/c7-5-6-1-3-8-4-2-6/h1-4H2/i1D2,3D2. The van der Waals surface area contributed by atoms with Gasteiger partial charge in [0.2, 0.25) is 0 Å². The normalized spacial score (nSPS) is 40.8. The van der Waals surface area contributed by atoms with Gasteiger partial charge in [-0.1, -0.05) is 0 Å². The second-order valence-corrected chi connectivity index (χ2v) is 1.27. The molecule has 1 aliphatic heterocycles. The maximum absolute atomic E-state index is 10.1. The molecular formula is C4H8N2O2. The van der Waals surface area contributed by atoms with Gasteiger partial charge in [-0.3, -0.25) is 5.01 Å². The molecule has 0 amide bonds. The van der Waals surface area contributed by atoms with Crippen molar-refractivity contribution in [2.75, 3.05) is 26.2 Å². The molecule has 1 heterocycles. The fraction of sp³-hybridized carbons (Fsp3) is 1.00. The highest BCUT2D eigenvalue weighted by Crippen LogP contribution is 1.94. The van der Waals surface area contributed by atoms with Crippen molar-refractivity contribution in [1.82, 2.24) is 5.01 Å². The number of morpholine rings is 1. The van der Waals surface area contributed by atoms with Crippen molar-refractivity contribution in [3.63, 3.8) is 0 Å². The van der Waals surface area contributed by atoms with Crippen LogP contribution in [0.15, 0.2) is 5.29 Å². The second-order valence-electron chi connectivity index (χ2n) is 1.27. The van der Waals surface area contributed by atoms with Crippen molar-refractivity contribution >= 4 is 0 Å². The Morgan fingerprint density at radius 2 is 2.75 bits per heavy atom. The predicted octanol–water partition coefficient (Wildman–Crippen LogP) is 0. The predicted molar refractivity (Wildman–Crippen MR) is 28.2 cm³/mol. The van der Waals surface area contributed by atoms with E-state index in [4.69, 9.17) is 5.48 Å². The highest BCUT2D eigenvalue weighted by Gasteiger charge is 2.06. The van der Waals surface area contributed by atoms with Crippen LogP contribution in [0.1, 0.15) is 5.48 Å². The highest BCUT2D eigenvalue weighted by molar-refractivity contribution is 4.54. The molecule has 0 atom stereocenters. The summed E-state index contributed by atoms with van der Waals surface area (Å²) in [6.45, 7) is -5.06. The third-order valence-electron chi connectivity index (χ3n) is 0.751. The largest absolute Gasteiger partial charge is 0.378 e. The number of hydrogen-bond acceptors (Lipinski definition) is 3. The Labute approximate surface area is 53.0 Å². The van der Waals surface area contributed by atoms with Gasteiger partial charge in [-0.2, -0.15) is 0 Å². The Morgan fingerprint density at radius 1 is 1.88 bits per heavy atom. The van der Waals surface area contributed by atoms with Crippen LogP contribution < -0.4 is 0 Å². The van der Waals surface area contributed by atoms with Gasteiger partial charge in [-0.25, -0.2) is 0 Å². The minimum absolute atomic E-state index is 0.0317. The van der Waals surface area contributed by atoms with Gasteiger partial charge in [0.05, 0.1) is 37.0 Å². The van der Waals surface area contributed by atoms with Crippen LogP contribution in [0.5, 0.6) is 0 Å². The molecule has 4 heteroatoms. The maximum Gasteiger partial charge on any atom is 0.0660 e. The molecule has 0 aromatic rings. The van der Waals surface area contributed by atoms with Gasteiger partial charge in [0, 0.05) is 0 Å². The maximum atomic E-state index is 10.1. The van der Waals surface area contributed by atoms with Crippen molar-refractivity contribution in [3.8, 4) is 0 Å². The lowest BCUT2D eigenvalue weighted by molar-refractivity contribution is 0.0383. The summed E-state index contributed by atoms with van der Waals surface area (Å²) in [7, 11) is 0. The minimum atomic E-state index is -2.49. The monoisotopic (exact) mass is 120 g/mol. The van der Waals surface area contributed by atoms with Crippen LogP contribution in [0.25, 0.3) is 0 Å². The average molecular weight is 120 g/mol. The summed E-state index contributed by atoms with van der Waals surface area (Å²) < 4.78 is 33.1. The zero-order chi connectivity index (χ0) is 9.41. The summed E-state index contributed by atoms with van der Waals surface area (Å²) in [5, 5.41) is 2.89. The first kappa shape index (κ1) is 2.31. The van der Waals surface area contributed by atoms with Crippen molar-refractivity contribution in [2.24, 2.45) is 5.29 Å². The first-order valence-corrected chi connectivity index (χ1v) is 2.17. The van der Waals surface area contributed by atoms with E-state index in [9.17, 15) is 4.91 Å². The summed E-state index contributed by atoms with van der Waals surface area (Å²) in [4.78, 5) is 10.1. The SMILES string of the molecule is [2H]C1([2H])OCCN(N=O)C1([2H])[2H]. The van der Waals surface area contributed by atoms with Crippen LogP contribution in [-0.2, 0) is 4.74 Å². The van der Waals surface area contributed by atoms with Gasteiger partial charge in [0.15, 0.2) is 0 Å². The molecule has 0 unspecified atom stereocenters. The molecule has 0 aromatic carbocycles. The smallest absolute Gasteiger partial charge is 0.0660 e. The molecule has 0 radical (unpaired) electrons. The van der Waals surface area contributed by atoms with Crippen LogP contribution in [0.4, 0.5) is 0 Å². The molecule has 1 saturated heterocycles. The minimum Gasteiger partial charge on any atom is -0.378 e. The fourth-order valence-electron chi connectivity index (χ4n) is 0.385. The lowest BCUT2D eigenvalue weighted by Gasteiger charge is -2.19. The molecule has 0 saturated carbocycles. The lowest BCUT2D eigenvalue weighted by Crippen LogP contribution is -2.31. The number of rotatable bonds is 1. The van der Waals surface area contributed by atoms with Gasteiger partial charge >= 0.3 is 0 Å². The Hall–Kier alpha value is -0.640. The van der Waals surface area contributed by atoms with Crippen molar-refractivity contribution in [2.45, 2.75) is 0 Å². The molecule has 8 heavy (non-hydrogen) atoms. The summed E-state index contributed by atoms with van der Waals surface area (Å²) in [5.74, 6) is 0. The van der Waals surface area contributed by atoms with Crippen LogP contribution in [0.2, 0.25) is 0 Å². The van der Waals surface area contributed by atoms with E-state index in [2.05, 4.69) is 10.0 Å². The van der Waals surface area contributed by atoms with Crippen molar-refractivity contribution < 1.29 is 10.2 Å². The summed E-state index contributed by atoms with van der Waals surface area (Å²) in [6.07, 6.45) is 0. The molecule has 0 aromatic heterocycles. The lowest BCUT2D eigenvalue weighted by atomic mass is 10.5. The molecule has 1 fully saturated rings. The molecular weight excluding hydrogens is 108 g/mol. The van der Waals surface area contributed by atoms with Crippen molar-refractivity contribution in [1.29, 1.82) is 0 Å². The summed E-state index contributed by atoms with van der Waals surface area (Å²) in [5.41, 5.74) is 0.